The van der Waals surface area contributed by atoms with Crippen molar-refractivity contribution in [3.05, 3.63) is 17.5 Å². The molecule has 3 heterocycles. The summed E-state index contributed by atoms with van der Waals surface area (Å²) in [6.45, 7) is 4.47. The van der Waals surface area contributed by atoms with Gasteiger partial charge in [0.15, 0.2) is 0 Å². The topological polar surface area (TPSA) is 93.4 Å². The van der Waals surface area contributed by atoms with Crippen molar-refractivity contribution in [2.24, 2.45) is 5.92 Å². The minimum Gasteiger partial charge on any atom is -0.375 e. The first-order valence-corrected chi connectivity index (χ1v) is 8.36. The summed E-state index contributed by atoms with van der Waals surface area (Å²) in [7, 11) is 0. The number of carbonyl (C=O) groups is 1. The van der Waals surface area contributed by atoms with Gasteiger partial charge in [-0.05, 0) is 32.1 Å². The zero-order chi connectivity index (χ0) is 16.0. The predicted molar refractivity (Wildman–Crippen MR) is 84.9 cm³/mol. The van der Waals surface area contributed by atoms with Crippen LogP contribution in [0.15, 0.2) is 6.20 Å². The van der Waals surface area contributed by atoms with Gasteiger partial charge in [0.2, 0.25) is 5.95 Å². The van der Waals surface area contributed by atoms with Crippen molar-refractivity contribution in [1.29, 1.82) is 0 Å². The molecule has 0 unspecified atom stereocenters. The van der Waals surface area contributed by atoms with Gasteiger partial charge >= 0.3 is 0 Å². The van der Waals surface area contributed by atoms with Crippen molar-refractivity contribution in [1.82, 2.24) is 20.2 Å². The molecule has 0 radical (unpaired) electrons. The number of aromatic nitrogens is 2. The third-order valence-electron chi connectivity index (χ3n) is 5.17. The molecule has 3 atom stereocenters. The highest BCUT2D eigenvalue weighted by Gasteiger charge is 2.42. The highest BCUT2D eigenvalue weighted by atomic mass is 16.5. The van der Waals surface area contributed by atoms with Crippen molar-refractivity contribution >= 4 is 11.9 Å². The van der Waals surface area contributed by atoms with Gasteiger partial charge in [0.1, 0.15) is 0 Å². The van der Waals surface area contributed by atoms with Crippen LogP contribution in [-0.4, -0.2) is 58.7 Å². The first kappa shape index (κ1) is 14.8. The average Bonchev–Trinajstić information content (AvgIpc) is 3.27. The molecule has 23 heavy (non-hydrogen) atoms. The molecule has 0 spiro atoms. The Hall–Kier alpha value is -1.73. The number of amides is 1. The van der Waals surface area contributed by atoms with E-state index in [1.807, 2.05) is 0 Å². The maximum absolute atomic E-state index is 12.4. The van der Waals surface area contributed by atoms with Crippen molar-refractivity contribution in [3.8, 4) is 0 Å². The lowest BCUT2D eigenvalue weighted by molar-refractivity contribution is -0.0581. The van der Waals surface area contributed by atoms with E-state index in [4.69, 9.17) is 10.5 Å². The van der Waals surface area contributed by atoms with Crippen LogP contribution >= 0.6 is 0 Å². The second kappa shape index (κ2) is 5.72. The van der Waals surface area contributed by atoms with E-state index in [1.54, 1.807) is 6.92 Å². The molecule has 1 aromatic rings. The minimum atomic E-state index is -0.119. The molecule has 2 saturated heterocycles. The summed E-state index contributed by atoms with van der Waals surface area (Å²) in [5.41, 5.74) is 6.65. The van der Waals surface area contributed by atoms with Gasteiger partial charge in [-0.3, -0.25) is 9.69 Å². The number of aryl methyl sites for hydroxylation is 1. The quantitative estimate of drug-likeness (QED) is 0.835. The van der Waals surface area contributed by atoms with E-state index in [1.165, 1.54) is 19.0 Å². The number of nitrogens with one attached hydrogen (secondary N) is 1. The number of fused-ring (bicyclic) bond motifs is 1. The second-order valence-corrected chi connectivity index (χ2v) is 6.95. The standard InChI is InChI=1S/C16H23N5O2/c1-9-13(5-18-16(17)19-9)15(22)20-11-4-12-8-23-14(10-2-3-10)7-21(12)6-11/h5,10-12,14H,2-4,6-8H2,1H3,(H,20,22)(H2,17,18,19)/t11-,12-,14+/m0/s1. The fourth-order valence-electron chi connectivity index (χ4n) is 3.73. The molecule has 0 bridgehead atoms. The Labute approximate surface area is 135 Å². The Kier molecular flexibility index (Phi) is 3.69. The van der Waals surface area contributed by atoms with Crippen molar-refractivity contribution < 1.29 is 9.53 Å². The summed E-state index contributed by atoms with van der Waals surface area (Å²) in [6.07, 6.45) is 5.45. The summed E-state index contributed by atoms with van der Waals surface area (Å²) in [5.74, 6) is 0.839. The van der Waals surface area contributed by atoms with Crippen LogP contribution in [0.4, 0.5) is 5.95 Å². The van der Waals surface area contributed by atoms with Gasteiger partial charge in [-0.25, -0.2) is 9.97 Å². The van der Waals surface area contributed by atoms with Crippen molar-refractivity contribution in [2.75, 3.05) is 25.4 Å². The van der Waals surface area contributed by atoms with Gasteiger partial charge in [-0.2, -0.15) is 0 Å². The number of nitrogen functional groups attached to an aromatic ring is 1. The summed E-state index contributed by atoms with van der Waals surface area (Å²) < 4.78 is 6.00. The van der Waals surface area contributed by atoms with Gasteiger partial charge in [-0.1, -0.05) is 0 Å². The van der Waals surface area contributed by atoms with E-state index in [-0.39, 0.29) is 17.9 Å². The lowest BCUT2D eigenvalue weighted by Gasteiger charge is -2.35. The molecule has 2 aliphatic heterocycles. The second-order valence-electron chi connectivity index (χ2n) is 6.95. The number of hydrogen-bond acceptors (Lipinski definition) is 6. The lowest BCUT2D eigenvalue weighted by atomic mass is 10.1. The van der Waals surface area contributed by atoms with Gasteiger partial charge in [0.05, 0.1) is 24.0 Å². The van der Waals surface area contributed by atoms with Gasteiger partial charge in [0.25, 0.3) is 5.91 Å². The highest BCUT2D eigenvalue weighted by Crippen LogP contribution is 2.37. The Morgan fingerprint density at radius 3 is 3.00 bits per heavy atom. The molecule has 3 fully saturated rings. The van der Waals surface area contributed by atoms with Gasteiger partial charge in [-0.15, -0.1) is 0 Å². The number of nitrogens with two attached hydrogens (primary N) is 1. The maximum Gasteiger partial charge on any atom is 0.254 e. The third-order valence-corrected chi connectivity index (χ3v) is 5.17. The molecule has 1 saturated carbocycles. The SMILES string of the molecule is Cc1nc(N)ncc1C(=O)N[C@H]1C[C@H]2CO[C@@H](C3CC3)CN2C1. The average molecular weight is 317 g/mol. The van der Waals surface area contributed by atoms with E-state index < -0.39 is 0 Å². The van der Waals surface area contributed by atoms with Crippen LogP contribution in [0.5, 0.6) is 0 Å². The molecule has 1 aliphatic carbocycles. The third kappa shape index (κ3) is 3.03. The molecule has 124 valence electrons. The first-order chi connectivity index (χ1) is 11.1. The smallest absolute Gasteiger partial charge is 0.254 e. The molecule has 3 aliphatic rings. The summed E-state index contributed by atoms with van der Waals surface area (Å²) in [5, 5.41) is 3.11. The Bertz CT molecular complexity index is 618. The molecular weight excluding hydrogens is 294 g/mol. The highest BCUT2D eigenvalue weighted by molar-refractivity contribution is 5.95. The van der Waals surface area contributed by atoms with Gasteiger partial charge < -0.3 is 15.8 Å². The van der Waals surface area contributed by atoms with Crippen LogP contribution in [0.2, 0.25) is 0 Å². The molecule has 1 amide bonds. The Morgan fingerprint density at radius 2 is 2.26 bits per heavy atom. The number of rotatable bonds is 3. The molecule has 7 heteroatoms. The molecule has 3 N–H and O–H groups in total. The van der Waals surface area contributed by atoms with Gasteiger partial charge in [0, 0.05) is 31.4 Å². The van der Waals surface area contributed by atoms with Crippen LogP contribution in [0.3, 0.4) is 0 Å². The Morgan fingerprint density at radius 1 is 1.43 bits per heavy atom. The molecule has 1 aromatic heterocycles. The van der Waals surface area contributed by atoms with Crippen LogP contribution in [0.25, 0.3) is 0 Å². The van der Waals surface area contributed by atoms with Crippen LogP contribution < -0.4 is 11.1 Å². The minimum absolute atomic E-state index is 0.119. The number of hydrogen-bond donors (Lipinski definition) is 2. The molecule has 4 rings (SSSR count). The number of ether oxygens (including phenoxy) is 1. The molecular formula is C16H23N5O2. The molecule has 0 aromatic carbocycles. The van der Waals surface area contributed by atoms with E-state index in [0.717, 1.165) is 32.0 Å². The summed E-state index contributed by atoms with van der Waals surface area (Å²) >= 11 is 0. The fourth-order valence-corrected chi connectivity index (χ4v) is 3.73. The van der Waals surface area contributed by atoms with Crippen LogP contribution in [0, 0.1) is 12.8 Å². The maximum atomic E-state index is 12.4. The monoisotopic (exact) mass is 317 g/mol. The summed E-state index contributed by atoms with van der Waals surface area (Å²) in [4.78, 5) is 22.9. The Balaban J connectivity index is 1.37. The first-order valence-electron chi connectivity index (χ1n) is 8.36. The number of morpholine rings is 1. The summed E-state index contributed by atoms with van der Waals surface area (Å²) in [6, 6.07) is 0.588. The molecule has 7 nitrogen and oxygen atoms in total. The zero-order valence-electron chi connectivity index (χ0n) is 13.4. The van der Waals surface area contributed by atoms with Crippen molar-refractivity contribution in [2.45, 2.75) is 44.4 Å². The normalized spacial score (nSPS) is 30.9. The van der Waals surface area contributed by atoms with E-state index in [0.29, 0.717) is 23.4 Å². The number of nitrogens with zero attached hydrogens (tertiary/aromatic N) is 3. The predicted octanol–water partition coefficient (Wildman–Crippen LogP) is 0.349. The zero-order valence-corrected chi connectivity index (χ0v) is 13.4. The number of carbonyl (C=O) groups excluding carboxylic acids is 1. The van der Waals surface area contributed by atoms with E-state index in [2.05, 4.69) is 20.2 Å². The van der Waals surface area contributed by atoms with Crippen molar-refractivity contribution in [3.63, 3.8) is 0 Å². The largest absolute Gasteiger partial charge is 0.375 e. The van der Waals surface area contributed by atoms with E-state index >= 15 is 0 Å². The number of anilines is 1. The van der Waals surface area contributed by atoms with E-state index in [9.17, 15) is 4.79 Å². The lowest BCUT2D eigenvalue weighted by Crippen LogP contribution is -2.47. The van der Waals surface area contributed by atoms with Crippen LogP contribution in [0.1, 0.15) is 35.3 Å². The van der Waals surface area contributed by atoms with Crippen LogP contribution in [-0.2, 0) is 4.74 Å². The fraction of sp³-hybridized carbons (Fsp3) is 0.688.